The Balaban J connectivity index is 1.55. The Morgan fingerprint density at radius 3 is 2.83 bits per heavy atom. The van der Waals surface area contributed by atoms with E-state index >= 15 is 0 Å². The Bertz CT molecular complexity index is 527. The standard InChI is InChI=1S/C19H27N3O/c23-19(21-18-10-12-20-15-18)22-13-6-9-17(11-14-22)16-7-4-2-1-3-5-8-16/h1-5,7-8,17-18,20H,6,9-15H2,(H,21,23)/b2-1-,3-1?,4-2?,5-3-,7-4?,8-5?,16-7?,16-8?/t17-,18+/m0/s1. The molecule has 1 aliphatic carbocycles. The third-order valence-electron chi connectivity index (χ3n) is 4.90. The molecule has 0 bridgehead atoms. The van der Waals surface area contributed by atoms with Crippen LogP contribution in [0.1, 0.15) is 25.7 Å². The smallest absolute Gasteiger partial charge is 0.317 e. The van der Waals surface area contributed by atoms with Crippen LogP contribution < -0.4 is 10.6 Å². The van der Waals surface area contributed by atoms with Gasteiger partial charge in [0.05, 0.1) is 0 Å². The monoisotopic (exact) mass is 313 g/mol. The summed E-state index contributed by atoms with van der Waals surface area (Å²) in [4.78, 5) is 14.4. The van der Waals surface area contributed by atoms with Gasteiger partial charge in [-0.05, 0) is 43.7 Å². The fourth-order valence-corrected chi connectivity index (χ4v) is 3.53. The number of rotatable bonds is 2. The molecule has 3 rings (SSSR count). The van der Waals surface area contributed by atoms with Gasteiger partial charge in [-0.2, -0.15) is 0 Å². The number of carbonyl (C=O) groups excluding carboxylic acids is 1. The topological polar surface area (TPSA) is 44.4 Å². The molecule has 0 unspecified atom stereocenters. The molecule has 0 saturated carbocycles. The number of allylic oxidation sites excluding steroid dienone is 8. The SMILES string of the molecule is O=C(N[C@@H]1CCNC1)N1CCC[C@H](C2=C/C=C\C=C/C=C2)CC1. The summed E-state index contributed by atoms with van der Waals surface area (Å²) >= 11 is 0. The summed E-state index contributed by atoms with van der Waals surface area (Å²) < 4.78 is 0. The van der Waals surface area contributed by atoms with Crippen molar-refractivity contribution < 1.29 is 4.79 Å². The molecule has 2 amide bonds. The van der Waals surface area contributed by atoms with E-state index < -0.39 is 0 Å². The van der Waals surface area contributed by atoms with Crippen LogP contribution in [-0.4, -0.2) is 43.2 Å². The first-order chi connectivity index (χ1) is 11.3. The molecule has 0 radical (unpaired) electrons. The lowest BCUT2D eigenvalue weighted by molar-refractivity contribution is 0.196. The molecule has 2 aliphatic heterocycles. The summed E-state index contributed by atoms with van der Waals surface area (Å²) in [7, 11) is 0. The minimum atomic E-state index is 0.115. The summed E-state index contributed by atoms with van der Waals surface area (Å²) in [6.07, 6.45) is 19.1. The number of nitrogens with zero attached hydrogens (tertiary/aromatic N) is 1. The zero-order valence-corrected chi connectivity index (χ0v) is 13.7. The molecule has 2 fully saturated rings. The van der Waals surface area contributed by atoms with Gasteiger partial charge in [0.2, 0.25) is 0 Å². The molecular weight excluding hydrogens is 286 g/mol. The van der Waals surface area contributed by atoms with Crippen molar-refractivity contribution in [2.75, 3.05) is 26.2 Å². The number of hydrogen-bond donors (Lipinski definition) is 2. The number of amides is 2. The van der Waals surface area contributed by atoms with Gasteiger partial charge in [0, 0.05) is 25.7 Å². The highest BCUT2D eigenvalue weighted by Crippen LogP contribution is 2.26. The molecule has 0 aromatic heterocycles. The Morgan fingerprint density at radius 2 is 1.96 bits per heavy atom. The van der Waals surface area contributed by atoms with E-state index in [0.717, 1.165) is 51.9 Å². The van der Waals surface area contributed by atoms with E-state index in [9.17, 15) is 4.79 Å². The molecule has 4 heteroatoms. The number of nitrogens with one attached hydrogen (secondary N) is 2. The maximum absolute atomic E-state index is 12.4. The number of likely N-dealkylation sites (tertiary alicyclic amines) is 1. The van der Waals surface area contributed by atoms with Gasteiger partial charge in [-0.25, -0.2) is 4.79 Å². The molecule has 2 N–H and O–H groups in total. The van der Waals surface area contributed by atoms with Crippen LogP contribution in [0.15, 0.2) is 48.1 Å². The predicted octanol–water partition coefficient (Wildman–Crippen LogP) is 2.77. The van der Waals surface area contributed by atoms with Crippen LogP contribution in [0.2, 0.25) is 0 Å². The van der Waals surface area contributed by atoms with Crippen LogP contribution in [0, 0.1) is 5.92 Å². The van der Waals surface area contributed by atoms with Crippen LogP contribution in [0.3, 0.4) is 0 Å². The second-order valence-corrected chi connectivity index (χ2v) is 6.55. The van der Waals surface area contributed by atoms with Crippen molar-refractivity contribution in [3.8, 4) is 0 Å². The van der Waals surface area contributed by atoms with Crippen molar-refractivity contribution in [1.82, 2.24) is 15.5 Å². The molecule has 0 aromatic rings. The highest BCUT2D eigenvalue weighted by molar-refractivity contribution is 5.74. The summed E-state index contributed by atoms with van der Waals surface area (Å²) in [6.45, 7) is 3.63. The first-order valence-electron chi connectivity index (χ1n) is 8.80. The Hall–Kier alpha value is -1.81. The van der Waals surface area contributed by atoms with E-state index in [1.807, 2.05) is 11.0 Å². The minimum absolute atomic E-state index is 0.115. The molecule has 2 atom stereocenters. The molecule has 0 aromatic carbocycles. The molecule has 124 valence electrons. The summed E-state index contributed by atoms with van der Waals surface area (Å²) in [5, 5.41) is 6.46. The largest absolute Gasteiger partial charge is 0.334 e. The lowest BCUT2D eigenvalue weighted by Gasteiger charge is -2.23. The van der Waals surface area contributed by atoms with E-state index in [0.29, 0.717) is 12.0 Å². The third-order valence-corrected chi connectivity index (χ3v) is 4.90. The van der Waals surface area contributed by atoms with Gasteiger partial charge in [0.1, 0.15) is 0 Å². The van der Waals surface area contributed by atoms with E-state index in [-0.39, 0.29) is 6.03 Å². The van der Waals surface area contributed by atoms with Crippen LogP contribution in [0.5, 0.6) is 0 Å². The molecule has 2 heterocycles. The molecule has 0 spiro atoms. The lowest BCUT2D eigenvalue weighted by atomic mass is 9.90. The van der Waals surface area contributed by atoms with Crippen molar-refractivity contribution in [3.05, 3.63) is 48.1 Å². The van der Waals surface area contributed by atoms with Crippen LogP contribution in [-0.2, 0) is 0 Å². The van der Waals surface area contributed by atoms with E-state index in [1.54, 1.807) is 0 Å². The van der Waals surface area contributed by atoms with Crippen molar-refractivity contribution in [2.45, 2.75) is 31.7 Å². The van der Waals surface area contributed by atoms with Gasteiger partial charge in [-0.1, -0.05) is 42.5 Å². The van der Waals surface area contributed by atoms with Crippen molar-refractivity contribution in [1.29, 1.82) is 0 Å². The van der Waals surface area contributed by atoms with E-state index in [1.165, 1.54) is 5.57 Å². The van der Waals surface area contributed by atoms with Gasteiger partial charge < -0.3 is 15.5 Å². The van der Waals surface area contributed by atoms with Crippen molar-refractivity contribution in [3.63, 3.8) is 0 Å². The summed E-state index contributed by atoms with van der Waals surface area (Å²) in [5.74, 6) is 0.549. The average Bonchev–Trinajstić information content (AvgIpc) is 2.89. The van der Waals surface area contributed by atoms with E-state index in [4.69, 9.17) is 0 Å². The molecule has 3 aliphatic rings. The Labute approximate surface area is 139 Å². The maximum atomic E-state index is 12.4. The molecular formula is C19H27N3O. The van der Waals surface area contributed by atoms with Gasteiger partial charge in [0.25, 0.3) is 0 Å². The quantitative estimate of drug-likeness (QED) is 0.823. The molecule has 4 nitrogen and oxygen atoms in total. The van der Waals surface area contributed by atoms with Gasteiger partial charge in [0.15, 0.2) is 0 Å². The number of urea groups is 1. The Morgan fingerprint density at radius 1 is 1.09 bits per heavy atom. The minimum Gasteiger partial charge on any atom is -0.334 e. The second-order valence-electron chi connectivity index (χ2n) is 6.55. The van der Waals surface area contributed by atoms with Gasteiger partial charge in [-0.3, -0.25) is 0 Å². The van der Waals surface area contributed by atoms with Crippen LogP contribution >= 0.6 is 0 Å². The highest BCUT2D eigenvalue weighted by atomic mass is 16.2. The molecule has 23 heavy (non-hydrogen) atoms. The average molecular weight is 313 g/mol. The van der Waals surface area contributed by atoms with Gasteiger partial charge >= 0.3 is 6.03 Å². The van der Waals surface area contributed by atoms with Gasteiger partial charge in [-0.15, -0.1) is 0 Å². The zero-order valence-electron chi connectivity index (χ0n) is 13.7. The first kappa shape index (κ1) is 16.1. The lowest BCUT2D eigenvalue weighted by Crippen LogP contribution is -2.46. The summed E-state index contributed by atoms with van der Waals surface area (Å²) in [5.41, 5.74) is 1.38. The van der Waals surface area contributed by atoms with Crippen molar-refractivity contribution >= 4 is 6.03 Å². The predicted molar refractivity (Wildman–Crippen MR) is 94.2 cm³/mol. The van der Waals surface area contributed by atoms with Crippen molar-refractivity contribution in [2.24, 2.45) is 5.92 Å². The fourth-order valence-electron chi connectivity index (χ4n) is 3.53. The third kappa shape index (κ3) is 4.58. The van der Waals surface area contributed by atoms with Crippen LogP contribution in [0.25, 0.3) is 0 Å². The number of hydrogen-bond acceptors (Lipinski definition) is 2. The Kier molecular flexibility index (Phi) is 5.70. The second kappa shape index (κ2) is 8.16. The normalized spacial score (nSPS) is 30.8. The molecule has 2 saturated heterocycles. The van der Waals surface area contributed by atoms with E-state index in [2.05, 4.69) is 47.1 Å². The first-order valence-corrected chi connectivity index (χ1v) is 8.80. The number of carbonyl (C=O) groups is 1. The maximum Gasteiger partial charge on any atom is 0.317 e. The highest BCUT2D eigenvalue weighted by Gasteiger charge is 2.24. The van der Waals surface area contributed by atoms with Crippen LogP contribution in [0.4, 0.5) is 4.79 Å². The zero-order chi connectivity index (χ0) is 15.9. The summed E-state index contributed by atoms with van der Waals surface area (Å²) in [6, 6.07) is 0.416. The fraction of sp³-hybridized carbons (Fsp3) is 0.526.